The van der Waals surface area contributed by atoms with Crippen molar-refractivity contribution in [1.82, 2.24) is 0 Å². The number of allylic oxidation sites excluding steroid dienone is 2. The maximum absolute atomic E-state index is 12.9. The van der Waals surface area contributed by atoms with Gasteiger partial charge in [-0.2, -0.15) is 0 Å². The minimum atomic E-state index is -0.170. The normalized spacial score (nSPS) is 54.6. The van der Waals surface area contributed by atoms with Gasteiger partial charge in [-0.25, -0.2) is 0 Å². The molecular weight excluding hydrogens is 392 g/mol. The SMILES string of the molecule is CC1(C)C(=O)CC[C@@]2(C)C1CC[C@]1(C)[C@@H]2CC=C2[C@H]3C[C@@](C)(CO)CC[C@]3(C)CC[C@]21C. The van der Waals surface area contributed by atoms with Crippen molar-refractivity contribution in [3.05, 3.63) is 11.6 Å². The number of ketones is 1. The highest BCUT2D eigenvalue weighted by atomic mass is 16.3. The summed E-state index contributed by atoms with van der Waals surface area (Å²) in [7, 11) is 0. The van der Waals surface area contributed by atoms with Crippen molar-refractivity contribution >= 4 is 5.78 Å². The van der Waals surface area contributed by atoms with E-state index in [4.69, 9.17) is 0 Å². The average molecular weight is 441 g/mol. The van der Waals surface area contributed by atoms with Crippen LogP contribution in [0.15, 0.2) is 11.6 Å². The zero-order valence-corrected chi connectivity index (χ0v) is 21.9. The highest BCUT2D eigenvalue weighted by Gasteiger charge is 2.67. The van der Waals surface area contributed by atoms with E-state index in [-0.39, 0.29) is 21.7 Å². The summed E-state index contributed by atoms with van der Waals surface area (Å²) >= 11 is 0. The first kappa shape index (κ1) is 23.1. The molecule has 2 nitrogen and oxygen atoms in total. The molecule has 5 rings (SSSR count). The molecule has 0 bridgehead atoms. The molecule has 0 spiro atoms. The molecule has 32 heavy (non-hydrogen) atoms. The summed E-state index contributed by atoms with van der Waals surface area (Å²) < 4.78 is 0. The van der Waals surface area contributed by atoms with Crippen LogP contribution in [0.1, 0.15) is 113 Å². The molecule has 1 unspecified atom stereocenters. The van der Waals surface area contributed by atoms with E-state index in [1.54, 1.807) is 5.57 Å². The molecule has 0 heterocycles. The van der Waals surface area contributed by atoms with Gasteiger partial charge in [-0.3, -0.25) is 4.79 Å². The third-order valence-electron chi connectivity index (χ3n) is 13.1. The first-order chi connectivity index (χ1) is 14.8. The minimum absolute atomic E-state index is 0.0818. The van der Waals surface area contributed by atoms with Gasteiger partial charge in [0.15, 0.2) is 0 Å². The highest BCUT2D eigenvalue weighted by molar-refractivity contribution is 5.85. The number of hydrogen-bond donors (Lipinski definition) is 1. The highest BCUT2D eigenvalue weighted by Crippen LogP contribution is 2.75. The second-order valence-corrected chi connectivity index (χ2v) is 14.8. The van der Waals surface area contributed by atoms with Crippen LogP contribution in [0.4, 0.5) is 0 Å². The van der Waals surface area contributed by atoms with E-state index in [0.29, 0.717) is 41.0 Å². The largest absolute Gasteiger partial charge is 0.396 e. The summed E-state index contributed by atoms with van der Waals surface area (Å²) in [5.41, 5.74) is 2.92. The number of rotatable bonds is 1. The summed E-state index contributed by atoms with van der Waals surface area (Å²) in [6.07, 6.45) is 14.5. The Morgan fingerprint density at radius 1 is 0.906 bits per heavy atom. The topological polar surface area (TPSA) is 37.3 Å². The monoisotopic (exact) mass is 440 g/mol. The van der Waals surface area contributed by atoms with Crippen LogP contribution in [0.2, 0.25) is 0 Å². The Balaban J connectivity index is 1.57. The number of aliphatic hydroxyl groups is 1. The predicted octanol–water partition coefficient (Wildman–Crippen LogP) is 7.35. The van der Waals surface area contributed by atoms with Crippen LogP contribution < -0.4 is 0 Å². The number of hydrogen-bond acceptors (Lipinski definition) is 2. The van der Waals surface area contributed by atoms with Crippen molar-refractivity contribution in [2.45, 2.75) is 113 Å². The molecule has 0 aromatic carbocycles. The smallest absolute Gasteiger partial charge is 0.138 e. The second-order valence-electron chi connectivity index (χ2n) is 14.8. The fourth-order valence-corrected chi connectivity index (χ4v) is 10.4. The van der Waals surface area contributed by atoms with Crippen molar-refractivity contribution in [3.8, 4) is 0 Å². The van der Waals surface area contributed by atoms with Gasteiger partial charge in [-0.05, 0) is 103 Å². The first-order valence-corrected chi connectivity index (χ1v) is 13.6. The molecule has 0 aromatic rings. The Labute approximate surface area is 197 Å². The molecule has 0 aliphatic heterocycles. The van der Waals surface area contributed by atoms with Crippen LogP contribution in [0.25, 0.3) is 0 Å². The molecular formula is C30H48O2. The molecule has 4 saturated carbocycles. The second kappa shape index (κ2) is 6.73. The summed E-state index contributed by atoms with van der Waals surface area (Å²) in [5.74, 6) is 2.32. The van der Waals surface area contributed by atoms with Gasteiger partial charge in [0, 0.05) is 18.4 Å². The third kappa shape index (κ3) is 2.71. The Kier molecular flexibility index (Phi) is 4.87. The summed E-state index contributed by atoms with van der Waals surface area (Å²) in [6.45, 7) is 17.5. The number of carbonyl (C=O) groups is 1. The lowest BCUT2D eigenvalue weighted by Gasteiger charge is -2.70. The molecule has 5 aliphatic rings. The van der Waals surface area contributed by atoms with E-state index in [9.17, 15) is 9.90 Å². The molecule has 0 aromatic heterocycles. The van der Waals surface area contributed by atoms with Crippen molar-refractivity contribution in [2.75, 3.05) is 6.61 Å². The van der Waals surface area contributed by atoms with Gasteiger partial charge in [0.2, 0.25) is 0 Å². The average Bonchev–Trinajstić information content (AvgIpc) is 2.73. The maximum Gasteiger partial charge on any atom is 0.138 e. The van der Waals surface area contributed by atoms with E-state index < -0.39 is 0 Å². The molecule has 0 amide bonds. The van der Waals surface area contributed by atoms with Crippen LogP contribution in [0, 0.1) is 50.2 Å². The summed E-state index contributed by atoms with van der Waals surface area (Å²) in [5, 5.41) is 10.2. The predicted molar refractivity (Wildman–Crippen MR) is 131 cm³/mol. The van der Waals surface area contributed by atoms with Crippen LogP contribution in [-0.4, -0.2) is 17.5 Å². The summed E-state index contributed by atoms with van der Waals surface area (Å²) in [4.78, 5) is 12.9. The van der Waals surface area contributed by atoms with E-state index >= 15 is 0 Å². The van der Waals surface area contributed by atoms with Gasteiger partial charge in [-0.1, -0.05) is 60.1 Å². The fraction of sp³-hybridized carbons (Fsp3) is 0.900. The molecule has 4 fully saturated rings. The number of fused-ring (bicyclic) bond motifs is 7. The molecule has 5 aliphatic carbocycles. The lowest BCUT2D eigenvalue weighted by atomic mass is 9.34. The van der Waals surface area contributed by atoms with Crippen LogP contribution in [-0.2, 0) is 4.79 Å². The van der Waals surface area contributed by atoms with Gasteiger partial charge in [-0.15, -0.1) is 0 Å². The van der Waals surface area contributed by atoms with Gasteiger partial charge >= 0.3 is 0 Å². The Morgan fingerprint density at radius 3 is 2.28 bits per heavy atom. The van der Waals surface area contributed by atoms with Gasteiger partial charge in [0.05, 0.1) is 0 Å². The van der Waals surface area contributed by atoms with Gasteiger partial charge in [0.25, 0.3) is 0 Å². The molecule has 8 atom stereocenters. The number of carbonyl (C=O) groups excluding carboxylic acids is 1. The minimum Gasteiger partial charge on any atom is -0.396 e. The molecule has 180 valence electrons. The fourth-order valence-electron chi connectivity index (χ4n) is 10.4. The number of aliphatic hydroxyl groups excluding tert-OH is 1. The van der Waals surface area contributed by atoms with Gasteiger partial charge < -0.3 is 5.11 Å². The zero-order chi connectivity index (χ0) is 23.4. The zero-order valence-electron chi connectivity index (χ0n) is 21.9. The third-order valence-corrected chi connectivity index (χ3v) is 13.1. The van der Waals surface area contributed by atoms with Crippen molar-refractivity contribution in [3.63, 3.8) is 0 Å². The Morgan fingerprint density at radius 2 is 1.59 bits per heavy atom. The molecule has 0 radical (unpaired) electrons. The maximum atomic E-state index is 12.9. The number of Topliss-reactive ketones (excluding diaryl/α,β-unsaturated/α-hetero) is 1. The van der Waals surface area contributed by atoms with E-state index in [2.05, 4.69) is 54.5 Å². The lowest BCUT2D eigenvalue weighted by molar-refractivity contribution is -0.184. The van der Waals surface area contributed by atoms with Crippen LogP contribution in [0.5, 0.6) is 0 Å². The standard InChI is InChI=1S/C30H48O2/c1-25(2)22-10-13-30(7)23(28(22,5)12-11-24(25)32)9-8-20-21-18-26(3,19-31)14-15-27(21,4)16-17-29(20,30)6/h8,21-23,31H,9-19H2,1-7H3/t21-,22?,23-,26+,27-,28+,29-,30-/m1/s1. The van der Waals surface area contributed by atoms with E-state index in [0.717, 1.165) is 19.3 Å². The Hall–Kier alpha value is -0.630. The van der Waals surface area contributed by atoms with Crippen LogP contribution >= 0.6 is 0 Å². The van der Waals surface area contributed by atoms with Crippen molar-refractivity contribution in [2.24, 2.45) is 50.2 Å². The quantitative estimate of drug-likeness (QED) is 0.433. The van der Waals surface area contributed by atoms with Crippen LogP contribution in [0.3, 0.4) is 0 Å². The van der Waals surface area contributed by atoms with Crippen molar-refractivity contribution < 1.29 is 9.90 Å². The van der Waals surface area contributed by atoms with Crippen molar-refractivity contribution in [1.29, 1.82) is 0 Å². The van der Waals surface area contributed by atoms with Gasteiger partial charge in [0.1, 0.15) is 5.78 Å². The van der Waals surface area contributed by atoms with E-state index in [1.165, 1.54) is 44.9 Å². The molecule has 2 heteroatoms. The molecule has 1 N–H and O–H groups in total. The Bertz CT molecular complexity index is 855. The first-order valence-electron chi connectivity index (χ1n) is 13.6. The molecule has 0 saturated heterocycles. The summed E-state index contributed by atoms with van der Waals surface area (Å²) in [6, 6.07) is 0. The van der Waals surface area contributed by atoms with E-state index in [1.807, 2.05) is 0 Å². The lowest BCUT2D eigenvalue weighted by Crippen LogP contribution is -2.64.